The van der Waals surface area contributed by atoms with Crippen molar-refractivity contribution in [2.75, 3.05) is 5.43 Å². The van der Waals surface area contributed by atoms with Crippen molar-refractivity contribution in [3.63, 3.8) is 0 Å². The molecule has 6 heteroatoms. The van der Waals surface area contributed by atoms with Crippen LogP contribution in [0.15, 0.2) is 29.1 Å². The van der Waals surface area contributed by atoms with Gasteiger partial charge in [-0.2, -0.15) is 4.98 Å². The molecule has 3 aromatic rings. The Kier molecular flexibility index (Phi) is 1.57. The van der Waals surface area contributed by atoms with Gasteiger partial charge in [0.15, 0.2) is 5.58 Å². The van der Waals surface area contributed by atoms with Crippen molar-refractivity contribution < 1.29 is 4.42 Å². The first-order valence-electron chi connectivity index (χ1n) is 4.34. The fourth-order valence-corrected chi connectivity index (χ4v) is 1.48. The number of nitrogens with two attached hydrogens (primary N) is 1. The lowest BCUT2D eigenvalue weighted by atomic mass is 10.3. The Balaban J connectivity index is 2.43. The maximum Gasteiger partial charge on any atom is 0.231 e. The summed E-state index contributed by atoms with van der Waals surface area (Å²) >= 11 is 0. The average Bonchev–Trinajstić information content (AvgIpc) is 2.66. The van der Waals surface area contributed by atoms with E-state index in [2.05, 4.69) is 20.4 Å². The highest BCUT2D eigenvalue weighted by atomic mass is 16.3. The molecule has 0 atom stereocenters. The third-order valence-electron chi connectivity index (χ3n) is 2.15. The van der Waals surface area contributed by atoms with E-state index >= 15 is 0 Å². The van der Waals surface area contributed by atoms with Gasteiger partial charge in [0.1, 0.15) is 17.7 Å². The number of hydrazine groups is 1. The normalized spacial score (nSPS) is 11.0. The van der Waals surface area contributed by atoms with Gasteiger partial charge >= 0.3 is 0 Å². The van der Waals surface area contributed by atoms with Gasteiger partial charge in [0.05, 0.1) is 11.6 Å². The van der Waals surface area contributed by atoms with Crippen molar-refractivity contribution >= 4 is 28.0 Å². The van der Waals surface area contributed by atoms with Crippen LogP contribution in [0.5, 0.6) is 0 Å². The minimum Gasteiger partial charge on any atom is -0.434 e. The summed E-state index contributed by atoms with van der Waals surface area (Å²) in [5.41, 5.74) is 4.34. The van der Waals surface area contributed by atoms with Gasteiger partial charge in [-0.15, -0.1) is 0 Å². The molecule has 0 fully saturated rings. The van der Waals surface area contributed by atoms with E-state index in [1.807, 2.05) is 6.07 Å². The molecule has 0 saturated carbocycles. The molecule has 3 N–H and O–H groups in total. The highest BCUT2D eigenvalue weighted by Crippen LogP contribution is 2.25. The first-order valence-corrected chi connectivity index (χ1v) is 4.34. The van der Waals surface area contributed by atoms with Crippen LogP contribution in [-0.2, 0) is 0 Å². The van der Waals surface area contributed by atoms with E-state index in [0.29, 0.717) is 17.1 Å². The second-order valence-electron chi connectivity index (χ2n) is 3.03. The first-order chi connectivity index (χ1) is 7.38. The Morgan fingerprint density at radius 2 is 2.27 bits per heavy atom. The monoisotopic (exact) mass is 201 g/mol. The summed E-state index contributed by atoms with van der Waals surface area (Å²) < 4.78 is 5.46. The predicted octanol–water partition coefficient (Wildman–Crippen LogP) is 1.06. The van der Waals surface area contributed by atoms with Crippen molar-refractivity contribution in [2.24, 2.45) is 5.84 Å². The molecule has 0 aliphatic heterocycles. The fraction of sp³-hybridized carbons (Fsp3) is 0. The number of nitrogens with zero attached hydrogens (tertiary/aromatic N) is 3. The third-order valence-corrected chi connectivity index (χ3v) is 2.15. The van der Waals surface area contributed by atoms with E-state index in [9.17, 15) is 0 Å². The van der Waals surface area contributed by atoms with Crippen molar-refractivity contribution in [1.82, 2.24) is 15.0 Å². The number of aromatic nitrogens is 3. The molecule has 6 nitrogen and oxygen atoms in total. The Bertz CT molecular complexity index is 633. The summed E-state index contributed by atoms with van der Waals surface area (Å²) in [5.74, 6) is 5.80. The van der Waals surface area contributed by atoms with Crippen LogP contribution in [0.1, 0.15) is 0 Å². The molecule has 0 aromatic carbocycles. The molecule has 15 heavy (non-hydrogen) atoms. The smallest absolute Gasteiger partial charge is 0.231 e. The second-order valence-corrected chi connectivity index (χ2v) is 3.03. The molecule has 3 aromatic heterocycles. The summed E-state index contributed by atoms with van der Waals surface area (Å²) in [6.45, 7) is 0. The molecule has 3 heterocycles. The van der Waals surface area contributed by atoms with Crippen LogP contribution in [0.2, 0.25) is 0 Å². The number of fused-ring (bicyclic) bond motifs is 3. The molecule has 0 bridgehead atoms. The van der Waals surface area contributed by atoms with Gasteiger partial charge < -0.3 is 9.84 Å². The molecule has 0 spiro atoms. The van der Waals surface area contributed by atoms with E-state index in [-0.39, 0.29) is 0 Å². The van der Waals surface area contributed by atoms with Gasteiger partial charge in [-0.05, 0) is 12.1 Å². The minimum absolute atomic E-state index is 0.501. The molecule has 0 aliphatic rings. The van der Waals surface area contributed by atoms with Gasteiger partial charge in [0.2, 0.25) is 5.71 Å². The molecule has 0 aliphatic carbocycles. The van der Waals surface area contributed by atoms with Crippen molar-refractivity contribution in [3.8, 4) is 0 Å². The summed E-state index contributed by atoms with van der Waals surface area (Å²) in [6.07, 6.45) is 3.09. The molecule has 3 rings (SSSR count). The number of nitrogens with one attached hydrogen (secondary N) is 1. The maximum absolute atomic E-state index is 5.46. The van der Waals surface area contributed by atoms with Gasteiger partial charge in [-0.25, -0.2) is 15.8 Å². The molecular weight excluding hydrogens is 194 g/mol. The number of hydrogen-bond donors (Lipinski definition) is 2. The zero-order valence-electron chi connectivity index (χ0n) is 7.64. The van der Waals surface area contributed by atoms with Gasteiger partial charge in [-0.3, -0.25) is 0 Å². The summed E-state index contributed by atoms with van der Waals surface area (Å²) in [4.78, 5) is 12.2. The average molecular weight is 201 g/mol. The predicted molar refractivity (Wildman–Crippen MR) is 54.9 cm³/mol. The maximum atomic E-state index is 5.46. The highest BCUT2D eigenvalue weighted by molar-refractivity contribution is 6.00. The van der Waals surface area contributed by atoms with Crippen molar-refractivity contribution in [3.05, 3.63) is 24.7 Å². The molecular formula is C9H7N5O. The van der Waals surface area contributed by atoms with E-state index in [1.54, 1.807) is 12.3 Å². The van der Waals surface area contributed by atoms with Crippen LogP contribution in [0.3, 0.4) is 0 Å². The van der Waals surface area contributed by atoms with Crippen LogP contribution < -0.4 is 11.3 Å². The number of nitrogen functional groups attached to an aromatic ring is 1. The third kappa shape index (κ3) is 1.12. The summed E-state index contributed by atoms with van der Waals surface area (Å²) in [6, 6.07) is 3.62. The lowest BCUT2D eigenvalue weighted by Crippen LogP contribution is -2.07. The second kappa shape index (κ2) is 2.89. The van der Waals surface area contributed by atoms with E-state index < -0.39 is 0 Å². The highest BCUT2D eigenvalue weighted by Gasteiger charge is 2.08. The Morgan fingerprint density at radius 1 is 1.33 bits per heavy atom. The van der Waals surface area contributed by atoms with Crippen LogP contribution in [-0.4, -0.2) is 15.0 Å². The topological polar surface area (TPSA) is 89.9 Å². The lowest BCUT2D eigenvalue weighted by molar-refractivity contribution is 0.651. The van der Waals surface area contributed by atoms with Crippen molar-refractivity contribution in [2.45, 2.75) is 0 Å². The van der Waals surface area contributed by atoms with Crippen LogP contribution in [0.25, 0.3) is 22.2 Å². The summed E-state index contributed by atoms with van der Waals surface area (Å²) in [5, 5.41) is 0.853. The number of furan rings is 1. The van der Waals surface area contributed by atoms with Gasteiger partial charge in [0, 0.05) is 0 Å². The molecule has 74 valence electrons. The van der Waals surface area contributed by atoms with Gasteiger partial charge in [-0.1, -0.05) is 0 Å². The first kappa shape index (κ1) is 8.13. The Hall–Kier alpha value is -2.21. The number of hydrogen-bond acceptors (Lipinski definition) is 6. The lowest BCUT2D eigenvalue weighted by Gasteiger charge is -1.95. The van der Waals surface area contributed by atoms with E-state index in [4.69, 9.17) is 10.3 Å². The van der Waals surface area contributed by atoms with E-state index in [1.165, 1.54) is 6.33 Å². The Morgan fingerprint density at radius 3 is 3.13 bits per heavy atom. The van der Waals surface area contributed by atoms with Crippen LogP contribution in [0, 0.1) is 0 Å². The zero-order valence-corrected chi connectivity index (χ0v) is 7.64. The van der Waals surface area contributed by atoms with Gasteiger partial charge in [0.25, 0.3) is 0 Å². The summed E-state index contributed by atoms with van der Waals surface area (Å²) in [7, 11) is 0. The number of pyridine rings is 1. The van der Waals surface area contributed by atoms with Crippen LogP contribution in [0.4, 0.5) is 5.82 Å². The minimum atomic E-state index is 0.501. The largest absolute Gasteiger partial charge is 0.434 e. The number of rotatable bonds is 1. The molecule has 0 unspecified atom stereocenters. The SMILES string of the molecule is NNc1ccc2c(n1)oc1cncnc12. The molecule has 0 amide bonds. The van der Waals surface area contributed by atoms with Crippen LogP contribution >= 0.6 is 0 Å². The standard InChI is InChI=1S/C9H7N5O/c10-14-7-2-1-5-8-6(3-11-4-12-8)15-9(5)13-7/h1-4H,10H2,(H,13,14). The number of anilines is 1. The van der Waals surface area contributed by atoms with E-state index in [0.717, 1.165) is 10.9 Å². The Labute approximate surface area is 84.1 Å². The zero-order chi connectivity index (χ0) is 10.3. The quantitative estimate of drug-likeness (QED) is 0.452. The molecule has 0 radical (unpaired) electrons. The van der Waals surface area contributed by atoms with Crippen molar-refractivity contribution in [1.29, 1.82) is 0 Å². The fourth-order valence-electron chi connectivity index (χ4n) is 1.48. The molecule has 0 saturated heterocycles.